The summed E-state index contributed by atoms with van der Waals surface area (Å²) in [6, 6.07) is 0. The second-order valence-electron chi connectivity index (χ2n) is 0.179. The van der Waals surface area contributed by atoms with Gasteiger partial charge in [-0.05, 0) is 0 Å². The Labute approximate surface area is 49.8 Å². The van der Waals surface area contributed by atoms with E-state index in [0.29, 0.717) is 0 Å². The summed E-state index contributed by atoms with van der Waals surface area (Å²) in [7, 11) is 0. The fraction of sp³-hybridized carbons (Fsp3) is 0. The minimum absolute atomic E-state index is 0. The average molecular weight is 140 g/mol. The Morgan fingerprint density at radius 2 is 0.714 bits per heavy atom. The molecule has 0 heterocycles. The molecule has 0 saturated carbocycles. The van der Waals surface area contributed by atoms with Crippen LogP contribution in [-0.2, 0) is 17.1 Å². The van der Waals surface area contributed by atoms with Crippen LogP contribution in [0.3, 0.4) is 0 Å². The third-order valence-electron chi connectivity index (χ3n) is 0. The first-order valence-corrected chi connectivity index (χ1v) is 0.800. The van der Waals surface area contributed by atoms with Gasteiger partial charge in [0.05, 0.1) is 0 Å². The SMILES string of the molecule is [Fe+2].[N-]=[N+]=[N-].[N-]=[N+]=[N-]. The molecule has 0 radical (unpaired) electrons. The molecule has 0 unspecified atom stereocenters. The van der Waals surface area contributed by atoms with Gasteiger partial charge in [0.15, 0.2) is 0 Å². The average Bonchev–Trinajstić information content (AvgIpc) is 1.39. The van der Waals surface area contributed by atoms with E-state index in [-0.39, 0.29) is 17.1 Å². The first kappa shape index (κ1) is 16.5. The maximum Gasteiger partial charge on any atom is 2.00 e. The minimum atomic E-state index is 0. The Morgan fingerprint density at radius 1 is 0.714 bits per heavy atom. The van der Waals surface area contributed by atoms with Crippen LogP contribution in [-0.4, -0.2) is 0 Å². The fourth-order valence-corrected chi connectivity index (χ4v) is 0. The van der Waals surface area contributed by atoms with Crippen molar-refractivity contribution in [2.75, 3.05) is 0 Å². The monoisotopic (exact) mass is 140 g/mol. The maximum absolute atomic E-state index is 6.75. The number of nitrogens with zero attached hydrogens (tertiary/aromatic N) is 6. The molecule has 7 heteroatoms. The van der Waals surface area contributed by atoms with E-state index in [4.69, 9.17) is 22.1 Å². The van der Waals surface area contributed by atoms with Gasteiger partial charge in [-0.3, -0.25) is 9.82 Å². The molecular formula is FeN6. The molecule has 0 saturated heterocycles. The summed E-state index contributed by atoms with van der Waals surface area (Å²) >= 11 is 0. The fourth-order valence-electron chi connectivity index (χ4n) is 0. The van der Waals surface area contributed by atoms with E-state index in [1.54, 1.807) is 0 Å². The molecular weight excluding hydrogens is 140 g/mol. The maximum atomic E-state index is 6.75. The van der Waals surface area contributed by atoms with Crippen molar-refractivity contribution in [2.45, 2.75) is 0 Å². The number of rotatable bonds is 0. The molecule has 0 N–H and O–H groups in total. The Kier molecular flexibility index (Phi) is 159. The molecule has 38 valence electrons. The smallest absolute Gasteiger partial charge is 0.373 e. The van der Waals surface area contributed by atoms with E-state index in [1.165, 1.54) is 9.82 Å². The van der Waals surface area contributed by atoms with Crippen molar-refractivity contribution >= 4 is 0 Å². The second-order valence-corrected chi connectivity index (χ2v) is 0.179. The molecule has 0 fully saturated rings. The zero-order valence-electron chi connectivity index (χ0n) is 3.04. The second kappa shape index (κ2) is 67.8. The molecule has 0 amide bonds. The van der Waals surface area contributed by atoms with Gasteiger partial charge in [0.25, 0.3) is 0 Å². The van der Waals surface area contributed by atoms with Crippen LogP contribution in [0.25, 0.3) is 31.9 Å². The summed E-state index contributed by atoms with van der Waals surface area (Å²) in [5, 5.41) is 0. The van der Waals surface area contributed by atoms with Crippen molar-refractivity contribution in [1.82, 2.24) is 0 Å². The van der Waals surface area contributed by atoms with Gasteiger partial charge in [0, 0.05) is 0 Å². The molecule has 0 bridgehead atoms. The van der Waals surface area contributed by atoms with Crippen molar-refractivity contribution in [3.05, 3.63) is 31.9 Å². The molecule has 0 aliphatic rings. The van der Waals surface area contributed by atoms with Gasteiger partial charge in [-0.1, -0.05) is 0 Å². The molecule has 0 aromatic carbocycles. The molecule has 0 rings (SSSR count). The molecule has 0 spiro atoms. The van der Waals surface area contributed by atoms with E-state index in [1.807, 2.05) is 0 Å². The van der Waals surface area contributed by atoms with Crippen LogP contribution < -0.4 is 0 Å². The van der Waals surface area contributed by atoms with Crippen molar-refractivity contribution in [3.8, 4) is 0 Å². The van der Waals surface area contributed by atoms with Crippen LogP contribution >= 0.6 is 0 Å². The molecule has 0 aliphatic heterocycles. The summed E-state index contributed by atoms with van der Waals surface area (Å²) in [5.74, 6) is 0. The normalized spacial score (nSPS) is 2.29. The van der Waals surface area contributed by atoms with Crippen molar-refractivity contribution in [3.63, 3.8) is 0 Å². The zero-order chi connectivity index (χ0) is 5.41. The third kappa shape index (κ3) is 68.4. The Balaban J connectivity index is -0.0000000400. The molecule has 0 aromatic rings. The first-order chi connectivity index (χ1) is 2.83. The van der Waals surface area contributed by atoms with Gasteiger partial charge in [-0.2, -0.15) is 0 Å². The summed E-state index contributed by atoms with van der Waals surface area (Å²) in [6.45, 7) is 0. The molecule has 7 heavy (non-hydrogen) atoms. The molecule has 0 atom stereocenters. The number of hydrogen-bond donors (Lipinski definition) is 0. The van der Waals surface area contributed by atoms with E-state index >= 15 is 0 Å². The third-order valence-corrected chi connectivity index (χ3v) is 0. The number of hydrogen-bond acceptors (Lipinski definition) is 0. The largest absolute Gasteiger partial charge is 2.00 e. The van der Waals surface area contributed by atoms with Gasteiger partial charge >= 0.3 is 17.1 Å². The van der Waals surface area contributed by atoms with Crippen molar-refractivity contribution < 1.29 is 17.1 Å². The van der Waals surface area contributed by atoms with Crippen LogP contribution in [0.5, 0.6) is 0 Å². The van der Waals surface area contributed by atoms with Crippen LogP contribution in [0.1, 0.15) is 0 Å². The molecule has 0 aliphatic carbocycles. The Hall–Kier alpha value is -0.861. The van der Waals surface area contributed by atoms with E-state index in [0.717, 1.165) is 0 Å². The Morgan fingerprint density at radius 3 is 0.714 bits per heavy atom. The topological polar surface area (TPSA) is 117 Å². The summed E-state index contributed by atoms with van der Waals surface area (Å²) in [4.78, 5) is 3.00. The van der Waals surface area contributed by atoms with E-state index in [2.05, 4.69) is 0 Å². The quantitative estimate of drug-likeness (QED) is 0.210. The predicted molar refractivity (Wildman–Crippen MR) is 20.2 cm³/mol. The van der Waals surface area contributed by atoms with Gasteiger partial charge in [0.2, 0.25) is 0 Å². The summed E-state index contributed by atoms with van der Waals surface area (Å²) < 4.78 is 0. The van der Waals surface area contributed by atoms with Crippen molar-refractivity contribution in [2.24, 2.45) is 0 Å². The summed E-state index contributed by atoms with van der Waals surface area (Å²) in [6.07, 6.45) is 0. The van der Waals surface area contributed by atoms with Crippen LogP contribution in [0, 0.1) is 0 Å². The molecule has 6 nitrogen and oxygen atoms in total. The van der Waals surface area contributed by atoms with Crippen LogP contribution in [0.4, 0.5) is 0 Å². The first-order valence-electron chi connectivity index (χ1n) is 0.800. The van der Waals surface area contributed by atoms with Gasteiger partial charge < -0.3 is 22.1 Å². The van der Waals surface area contributed by atoms with Crippen LogP contribution in [0.15, 0.2) is 0 Å². The molecule has 0 aromatic heterocycles. The minimum Gasteiger partial charge on any atom is -0.373 e. The zero-order valence-corrected chi connectivity index (χ0v) is 4.14. The summed E-state index contributed by atoms with van der Waals surface area (Å²) in [5.41, 5.74) is 27.0. The Bertz CT molecular complexity index is 58.2. The van der Waals surface area contributed by atoms with Crippen molar-refractivity contribution in [1.29, 1.82) is 0 Å². The predicted octanol–water partition coefficient (Wildman–Crippen LogP) is 1.73. The standard InChI is InChI=1S/Fe.2N3/c;2*1-3-2/q+2;2*-1. The van der Waals surface area contributed by atoms with Gasteiger partial charge in [-0.15, -0.1) is 0 Å². The van der Waals surface area contributed by atoms with E-state index in [9.17, 15) is 0 Å². The van der Waals surface area contributed by atoms with Crippen LogP contribution in [0.2, 0.25) is 0 Å². The van der Waals surface area contributed by atoms with E-state index < -0.39 is 0 Å². The van der Waals surface area contributed by atoms with Gasteiger partial charge in [-0.25, -0.2) is 0 Å². The van der Waals surface area contributed by atoms with Gasteiger partial charge in [0.1, 0.15) is 0 Å².